The molecule has 2 aromatic rings. The van der Waals surface area contributed by atoms with Crippen molar-refractivity contribution in [3.63, 3.8) is 0 Å². The Labute approximate surface area is 118 Å². The molecule has 2 heterocycles. The van der Waals surface area contributed by atoms with E-state index in [2.05, 4.69) is 30.3 Å². The molecule has 0 aromatic heterocycles. The lowest BCUT2D eigenvalue weighted by Gasteiger charge is -2.31. The molecule has 2 nitrogen and oxygen atoms in total. The largest absolute Gasteiger partial charge is 0.393 e. The van der Waals surface area contributed by atoms with E-state index in [1.807, 2.05) is 30.3 Å². The molecule has 100 valence electrons. The van der Waals surface area contributed by atoms with Gasteiger partial charge in [-0.15, -0.1) is 0 Å². The fourth-order valence-corrected chi connectivity index (χ4v) is 3.37. The highest BCUT2D eigenvalue weighted by Crippen LogP contribution is 2.52. The summed E-state index contributed by atoms with van der Waals surface area (Å²) < 4.78 is 6.13. The summed E-state index contributed by atoms with van der Waals surface area (Å²) in [5.74, 6) is 0. The van der Waals surface area contributed by atoms with Gasteiger partial charge in [0.1, 0.15) is 5.60 Å². The standard InChI is InChI=1S/C18H16O2/c19-12-18-11-14(13-6-2-1-3-7-13)10-17(20-18)15-8-4-5-9-16(15)18/h1-9,11,17,19H,10,12H2/t17-,18-/m0/s1. The van der Waals surface area contributed by atoms with Crippen molar-refractivity contribution in [2.45, 2.75) is 18.1 Å². The Morgan fingerprint density at radius 2 is 1.80 bits per heavy atom. The van der Waals surface area contributed by atoms with Crippen molar-refractivity contribution in [1.82, 2.24) is 0 Å². The van der Waals surface area contributed by atoms with Gasteiger partial charge in [0.05, 0.1) is 12.7 Å². The molecule has 1 N–H and O–H groups in total. The van der Waals surface area contributed by atoms with E-state index >= 15 is 0 Å². The molecule has 2 atom stereocenters. The lowest BCUT2D eigenvalue weighted by molar-refractivity contribution is -0.0779. The van der Waals surface area contributed by atoms with Crippen LogP contribution in [0.1, 0.15) is 29.2 Å². The summed E-state index contributed by atoms with van der Waals surface area (Å²) in [4.78, 5) is 0. The lowest BCUT2D eigenvalue weighted by atomic mass is 9.91. The molecule has 0 saturated carbocycles. The van der Waals surface area contributed by atoms with E-state index in [1.165, 1.54) is 16.7 Å². The molecule has 2 bridgehead atoms. The highest BCUT2D eigenvalue weighted by molar-refractivity contribution is 5.70. The van der Waals surface area contributed by atoms with Gasteiger partial charge < -0.3 is 9.84 Å². The molecule has 0 radical (unpaired) electrons. The number of benzene rings is 2. The Kier molecular flexibility index (Phi) is 2.56. The van der Waals surface area contributed by atoms with Crippen LogP contribution in [0.3, 0.4) is 0 Å². The smallest absolute Gasteiger partial charge is 0.136 e. The lowest BCUT2D eigenvalue weighted by Crippen LogP contribution is -2.30. The van der Waals surface area contributed by atoms with Crippen LogP contribution in [0, 0.1) is 0 Å². The summed E-state index contributed by atoms with van der Waals surface area (Å²) in [6.07, 6.45) is 3.02. The van der Waals surface area contributed by atoms with Gasteiger partial charge in [0.15, 0.2) is 0 Å². The second-order valence-electron chi connectivity index (χ2n) is 5.48. The van der Waals surface area contributed by atoms with Crippen LogP contribution in [0.2, 0.25) is 0 Å². The summed E-state index contributed by atoms with van der Waals surface area (Å²) in [6, 6.07) is 18.6. The Morgan fingerprint density at radius 1 is 1.05 bits per heavy atom. The number of rotatable bonds is 2. The van der Waals surface area contributed by atoms with Crippen molar-refractivity contribution in [3.05, 3.63) is 77.4 Å². The molecular formula is C18H16O2. The molecule has 0 amide bonds. The van der Waals surface area contributed by atoms with Crippen LogP contribution in [-0.4, -0.2) is 11.7 Å². The first-order valence-electron chi connectivity index (χ1n) is 6.98. The van der Waals surface area contributed by atoms with Gasteiger partial charge in [0.25, 0.3) is 0 Å². The minimum atomic E-state index is -0.662. The van der Waals surface area contributed by atoms with Crippen molar-refractivity contribution in [2.75, 3.05) is 6.61 Å². The van der Waals surface area contributed by atoms with Gasteiger partial charge in [-0.05, 0) is 28.3 Å². The summed E-state index contributed by atoms with van der Waals surface area (Å²) >= 11 is 0. The third-order valence-electron chi connectivity index (χ3n) is 4.31. The topological polar surface area (TPSA) is 29.5 Å². The zero-order valence-electron chi connectivity index (χ0n) is 11.1. The van der Waals surface area contributed by atoms with E-state index in [1.54, 1.807) is 0 Å². The minimum absolute atomic E-state index is 0.0170. The Hall–Kier alpha value is -1.90. The van der Waals surface area contributed by atoms with Gasteiger partial charge in [-0.25, -0.2) is 0 Å². The van der Waals surface area contributed by atoms with E-state index in [0.29, 0.717) is 0 Å². The first-order chi connectivity index (χ1) is 9.82. The summed E-state index contributed by atoms with van der Waals surface area (Å²) in [5.41, 5.74) is 4.13. The molecular weight excluding hydrogens is 248 g/mol. The van der Waals surface area contributed by atoms with Gasteiger partial charge in [-0.2, -0.15) is 0 Å². The van der Waals surface area contributed by atoms with Gasteiger partial charge in [0.2, 0.25) is 0 Å². The second kappa shape index (κ2) is 4.30. The fraction of sp³-hybridized carbons (Fsp3) is 0.222. The quantitative estimate of drug-likeness (QED) is 0.900. The van der Waals surface area contributed by atoms with Gasteiger partial charge in [-0.3, -0.25) is 0 Å². The maximum Gasteiger partial charge on any atom is 0.136 e. The normalized spacial score (nSPS) is 27.1. The van der Waals surface area contributed by atoms with Crippen molar-refractivity contribution < 1.29 is 9.84 Å². The molecule has 0 spiro atoms. The predicted octanol–water partition coefficient (Wildman–Crippen LogP) is 3.43. The van der Waals surface area contributed by atoms with Crippen LogP contribution in [0.4, 0.5) is 0 Å². The Balaban J connectivity index is 1.86. The average molecular weight is 264 g/mol. The summed E-state index contributed by atoms with van der Waals surface area (Å²) in [5, 5.41) is 9.91. The molecule has 2 aliphatic rings. The van der Waals surface area contributed by atoms with Crippen LogP contribution in [0.25, 0.3) is 5.57 Å². The highest BCUT2D eigenvalue weighted by atomic mass is 16.5. The number of ether oxygens (including phenoxy) is 1. The van der Waals surface area contributed by atoms with Gasteiger partial charge in [0, 0.05) is 6.42 Å². The molecule has 20 heavy (non-hydrogen) atoms. The zero-order valence-corrected chi connectivity index (χ0v) is 11.1. The second-order valence-corrected chi connectivity index (χ2v) is 5.48. The van der Waals surface area contributed by atoms with Crippen molar-refractivity contribution in [1.29, 1.82) is 0 Å². The van der Waals surface area contributed by atoms with Gasteiger partial charge >= 0.3 is 0 Å². The molecule has 2 aromatic carbocycles. The molecule has 0 aliphatic carbocycles. The van der Waals surface area contributed by atoms with E-state index in [0.717, 1.165) is 12.0 Å². The maximum absolute atomic E-state index is 9.91. The molecule has 4 rings (SSSR count). The maximum atomic E-state index is 9.91. The van der Waals surface area contributed by atoms with Crippen LogP contribution in [0.5, 0.6) is 0 Å². The molecule has 2 heteroatoms. The average Bonchev–Trinajstić information content (AvgIpc) is 2.77. The number of hydrogen-bond acceptors (Lipinski definition) is 2. The highest BCUT2D eigenvalue weighted by Gasteiger charge is 2.46. The van der Waals surface area contributed by atoms with Crippen LogP contribution >= 0.6 is 0 Å². The van der Waals surface area contributed by atoms with E-state index in [4.69, 9.17) is 4.74 Å². The van der Waals surface area contributed by atoms with Crippen LogP contribution in [0.15, 0.2) is 60.7 Å². The SMILES string of the molecule is OC[C@]12C=C(c3ccccc3)C[C@H](O1)c1ccccc12. The minimum Gasteiger partial charge on any atom is -0.393 e. The monoisotopic (exact) mass is 264 g/mol. The van der Waals surface area contributed by atoms with Crippen molar-refractivity contribution in [3.8, 4) is 0 Å². The number of fused-ring (bicyclic) bond motifs is 5. The number of aliphatic hydroxyl groups excluding tert-OH is 1. The third-order valence-corrected chi connectivity index (χ3v) is 4.31. The Bertz CT molecular complexity index is 675. The van der Waals surface area contributed by atoms with Crippen molar-refractivity contribution >= 4 is 5.57 Å². The van der Waals surface area contributed by atoms with E-state index in [9.17, 15) is 5.11 Å². The van der Waals surface area contributed by atoms with E-state index < -0.39 is 5.60 Å². The van der Waals surface area contributed by atoms with Gasteiger partial charge in [-0.1, -0.05) is 54.6 Å². The summed E-state index contributed by atoms with van der Waals surface area (Å²) in [6.45, 7) is -0.0170. The molecule has 0 unspecified atom stereocenters. The van der Waals surface area contributed by atoms with Crippen molar-refractivity contribution in [2.24, 2.45) is 0 Å². The number of aliphatic hydroxyl groups is 1. The first kappa shape index (κ1) is 11.9. The van der Waals surface area contributed by atoms with E-state index in [-0.39, 0.29) is 12.7 Å². The Morgan fingerprint density at radius 3 is 2.60 bits per heavy atom. The molecule has 2 aliphatic heterocycles. The molecule has 0 saturated heterocycles. The van der Waals surface area contributed by atoms with Crippen LogP contribution in [-0.2, 0) is 10.3 Å². The number of hydrogen-bond donors (Lipinski definition) is 1. The molecule has 0 fully saturated rings. The zero-order chi connectivity index (χ0) is 13.6. The predicted molar refractivity (Wildman–Crippen MR) is 78.1 cm³/mol. The van der Waals surface area contributed by atoms with Crippen LogP contribution < -0.4 is 0 Å². The first-order valence-corrected chi connectivity index (χ1v) is 6.98. The summed E-state index contributed by atoms with van der Waals surface area (Å²) in [7, 11) is 0. The fourth-order valence-electron chi connectivity index (χ4n) is 3.37. The third kappa shape index (κ3) is 1.59.